The Kier molecular flexibility index (Phi) is 8.99. The highest BCUT2D eigenvalue weighted by Gasteiger charge is 2.18. The first-order valence-electron chi connectivity index (χ1n) is 11.3. The molecular weight excluding hydrogens is 432 g/mol. The zero-order chi connectivity index (χ0) is 24.5. The summed E-state index contributed by atoms with van der Waals surface area (Å²) in [6, 6.07) is 9.80. The van der Waals surface area contributed by atoms with Crippen LogP contribution in [0.15, 0.2) is 48.7 Å². The first-order chi connectivity index (χ1) is 16.5. The van der Waals surface area contributed by atoms with E-state index >= 15 is 0 Å². The van der Waals surface area contributed by atoms with Crippen molar-refractivity contribution in [2.24, 2.45) is 0 Å². The molecule has 0 N–H and O–H groups in total. The number of nitrogens with zero attached hydrogens (tertiary/aromatic N) is 2. The lowest BCUT2D eigenvalue weighted by molar-refractivity contribution is -0.127. The van der Waals surface area contributed by atoms with Crippen LogP contribution in [0.2, 0.25) is 0 Å². The van der Waals surface area contributed by atoms with Crippen LogP contribution in [0.3, 0.4) is 0 Å². The second kappa shape index (κ2) is 12.1. The van der Waals surface area contributed by atoms with E-state index in [9.17, 15) is 4.79 Å². The highest BCUT2D eigenvalue weighted by molar-refractivity contribution is 5.84. The zero-order valence-electron chi connectivity index (χ0n) is 20.7. The van der Waals surface area contributed by atoms with Crippen molar-refractivity contribution in [1.82, 2.24) is 9.80 Å². The Hall–Kier alpha value is -3.45. The van der Waals surface area contributed by atoms with Gasteiger partial charge in [-0.1, -0.05) is 18.2 Å². The van der Waals surface area contributed by atoms with E-state index in [2.05, 4.69) is 24.1 Å². The van der Waals surface area contributed by atoms with Crippen molar-refractivity contribution in [1.29, 1.82) is 0 Å². The maximum atomic E-state index is 12.8. The van der Waals surface area contributed by atoms with E-state index in [1.165, 1.54) is 5.56 Å². The van der Waals surface area contributed by atoms with Crippen molar-refractivity contribution < 1.29 is 23.7 Å². The molecule has 7 nitrogen and oxygen atoms in total. The van der Waals surface area contributed by atoms with Crippen molar-refractivity contribution >= 4 is 12.0 Å². The Morgan fingerprint density at radius 3 is 2.29 bits per heavy atom. The van der Waals surface area contributed by atoms with Gasteiger partial charge in [-0.3, -0.25) is 4.79 Å². The quantitative estimate of drug-likeness (QED) is 0.470. The van der Waals surface area contributed by atoms with Gasteiger partial charge in [-0.15, -0.1) is 0 Å². The monoisotopic (exact) mass is 466 g/mol. The number of carbonyl (C=O) groups excluding carboxylic acids is 1. The lowest BCUT2D eigenvalue weighted by Crippen LogP contribution is -2.27. The van der Waals surface area contributed by atoms with Gasteiger partial charge in [-0.25, -0.2) is 0 Å². The first-order valence-corrected chi connectivity index (χ1v) is 11.3. The molecule has 7 heteroatoms. The molecule has 0 radical (unpaired) electrons. The molecule has 1 amide bonds. The van der Waals surface area contributed by atoms with Crippen LogP contribution < -0.4 is 18.9 Å². The molecule has 2 aromatic carbocycles. The molecule has 182 valence electrons. The third kappa shape index (κ3) is 6.32. The van der Waals surface area contributed by atoms with Crippen LogP contribution in [0.4, 0.5) is 0 Å². The summed E-state index contributed by atoms with van der Waals surface area (Å²) in [5, 5.41) is 0. The number of hydrogen-bond acceptors (Lipinski definition) is 6. The van der Waals surface area contributed by atoms with Crippen molar-refractivity contribution in [2.45, 2.75) is 12.8 Å². The second-order valence-corrected chi connectivity index (χ2v) is 8.12. The average molecular weight is 467 g/mol. The fraction of sp³-hybridized carbons (Fsp3) is 0.370. The molecule has 0 saturated heterocycles. The molecule has 3 rings (SSSR count). The van der Waals surface area contributed by atoms with Crippen LogP contribution in [0, 0.1) is 0 Å². The van der Waals surface area contributed by atoms with Gasteiger partial charge in [0, 0.05) is 25.8 Å². The standard InChI is InChI=1S/C27H34N2O5/c1-28(14-10-20-8-9-23(31-2)24(16-20)32-3)12-6-7-13-29-15-11-21-17-25(33-4)26(34-5)18-22(21)19-27(29)30/h6-9,11,15-18H,10,12-14,19H2,1-5H3/b7-6-. The molecule has 34 heavy (non-hydrogen) atoms. The SMILES string of the molecule is COc1ccc(CCN(C)C/C=C\CN2C=Cc3cc(OC)c(OC)cc3CC2=O)cc1OC. The van der Waals surface area contributed by atoms with E-state index in [1.54, 1.807) is 33.3 Å². The number of hydrogen-bond donors (Lipinski definition) is 0. The number of amides is 1. The molecule has 0 bridgehead atoms. The topological polar surface area (TPSA) is 60.5 Å². The Morgan fingerprint density at radius 2 is 1.59 bits per heavy atom. The van der Waals surface area contributed by atoms with Crippen LogP contribution in [0.1, 0.15) is 16.7 Å². The molecule has 0 atom stereocenters. The van der Waals surface area contributed by atoms with Crippen LogP contribution in [-0.4, -0.2) is 70.8 Å². The van der Waals surface area contributed by atoms with Crippen molar-refractivity contribution in [3.8, 4) is 23.0 Å². The van der Waals surface area contributed by atoms with Gasteiger partial charge in [0.2, 0.25) is 5.91 Å². The smallest absolute Gasteiger partial charge is 0.231 e. The summed E-state index contributed by atoms with van der Waals surface area (Å²) in [7, 11) is 8.58. The van der Waals surface area contributed by atoms with E-state index in [0.29, 0.717) is 24.5 Å². The van der Waals surface area contributed by atoms with Gasteiger partial charge in [0.25, 0.3) is 0 Å². The number of fused-ring (bicyclic) bond motifs is 1. The van der Waals surface area contributed by atoms with Gasteiger partial charge >= 0.3 is 0 Å². The third-order valence-corrected chi connectivity index (χ3v) is 5.86. The summed E-state index contributed by atoms with van der Waals surface area (Å²) in [5.41, 5.74) is 3.09. The van der Waals surface area contributed by atoms with Crippen LogP contribution in [-0.2, 0) is 17.6 Å². The minimum atomic E-state index is 0.0497. The third-order valence-electron chi connectivity index (χ3n) is 5.86. The zero-order valence-corrected chi connectivity index (χ0v) is 20.7. The summed E-state index contributed by atoms with van der Waals surface area (Å²) in [5.74, 6) is 2.82. The molecule has 0 aliphatic carbocycles. The molecule has 0 aromatic heterocycles. The maximum Gasteiger partial charge on any atom is 0.231 e. The first kappa shape index (κ1) is 25.2. The van der Waals surface area contributed by atoms with Gasteiger partial charge in [0.15, 0.2) is 23.0 Å². The molecule has 0 fully saturated rings. The summed E-state index contributed by atoms with van der Waals surface area (Å²) in [6.45, 7) is 2.23. The van der Waals surface area contributed by atoms with Crippen LogP contribution in [0.25, 0.3) is 6.08 Å². The lowest BCUT2D eigenvalue weighted by Gasteiger charge is -2.17. The largest absolute Gasteiger partial charge is 0.493 e. The van der Waals surface area contributed by atoms with Crippen LogP contribution in [0.5, 0.6) is 23.0 Å². The molecule has 2 aromatic rings. The van der Waals surface area contributed by atoms with Crippen molar-refractivity contribution in [3.05, 3.63) is 65.4 Å². The Balaban J connectivity index is 1.51. The molecule has 0 saturated carbocycles. The highest BCUT2D eigenvalue weighted by Crippen LogP contribution is 2.32. The number of ether oxygens (including phenoxy) is 4. The van der Waals surface area contributed by atoms with E-state index in [-0.39, 0.29) is 5.91 Å². The number of methoxy groups -OCH3 is 4. The Bertz CT molecular complexity index is 1050. The van der Waals surface area contributed by atoms with E-state index in [4.69, 9.17) is 18.9 Å². The molecule has 0 spiro atoms. The Morgan fingerprint density at radius 1 is 0.912 bits per heavy atom. The van der Waals surface area contributed by atoms with Crippen molar-refractivity contribution in [2.75, 3.05) is 55.1 Å². The summed E-state index contributed by atoms with van der Waals surface area (Å²) >= 11 is 0. The second-order valence-electron chi connectivity index (χ2n) is 8.12. The summed E-state index contributed by atoms with van der Waals surface area (Å²) in [6.07, 6.45) is 9.15. The maximum absolute atomic E-state index is 12.8. The van der Waals surface area contributed by atoms with Gasteiger partial charge in [0.1, 0.15) is 0 Å². The summed E-state index contributed by atoms with van der Waals surface area (Å²) in [4.78, 5) is 16.7. The van der Waals surface area contributed by atoms with Crippen LogP contribution >= 0.6 is 0 Å². The van der Waals surface area contributed by atoms with Gasteiger partial charge in [-0.2, -0.15) is 0 Å². The molecular formula is C27H34N2O5. The normalized spacial score (nSPS) is 13.2. The predicted molar refractivity (Wildman–Crippen MR) is 134 cm³/mol. The van der Waals surface area contributed by atoms with Crippen molar-refractivity contribution in [3.63, 3.8) is 0 Å². The van der Waals surface area contributed by atoms with E-state index < -0.39 is 0 Å². The van der Waals surface area contributed by atoms with E-state index in [0.717, 1.165) is 42.1 Å². The van der Waals surface area contributed by atoms with Gasteiger partial charge < -0.3 is 28.7 Å². The molecule has 1 aliphatic rings. The minimum absolute atomic E-state index is 0.0497. The number of carbonyl (C=O) groups is 1. The number of benzene rings is 2. The summed E-state index contributed by atoms with van der Waals surface area (Å²) < 4.78 is 21.4. The highest BCUT2D eigenvalue weighted by atomic mass is 16.5. The minimum Gasteiger partial charge on any atom is -0.493 e. The molecule has 1 aliphatic heterocycles. The fourth-order valence-corrected chi connectivity index (χ4v) is 3.82. The average Bonchev–Trinajstić information content (AvgIpc) is 3.01. The lowest BCUT2D eigenvalue weighted by atomic mass is 10.0. The Labute approximate surface area is 202 Å². The molecule has 1 heterocycles. The predicted octanol–water partition coefficient (Wildman–Crippen LogP) is 3.81. The van der Waals surface area contributed by atoms with Gasteiger partial charge in [0.05, 0.1) is 34.9 Å². The van der Waals surface area contributed by atoms with E-state index in [1.807, 2.05) is 42.6 Å². The number of rotatable bonds is 11. The number of likely N-dealkylation sites (N-methyl/N-ethyl adjacent to an activating group) is 1. The van der Waals surface area contributed by atoms with Gasteiger partial charge in [-0.05, 0) is 60.5 Å². The molecule has 0 unspecified atom stereocenters. The fourth-order valence-electron chi connectivity index (χ4n) is 3.82.